The molecule has 1 amide bonds. The Morgan fingerprint density at radius 3 is 2.86 bits per heavy atom. The molecule has 1 aromatic carbocycles. The summed E-state index contributed by atoms with van der Waals surface area (Å²) >= 11 is 0. The summed E-state index contributed by atoms with van der Waals surface area (Å²) in [5, 5.41) is 0. The van der Waals surface area contributed by atoms with Gasteiger partial charge in [-0.15, -0.1) is 12.4 Å². The number of carbonyl (C=O) groups excluding carboxylic acids is 1. The monoisotopic (exact) mass is 213 g/mol. The first-order chi connectivity index (χ1) is 6.33. The minimum Gasteiger partial charge on any atom is -0.452 e. The molecular formula is C10H12ClNO2. The SMILES string of the molecule is COC(=O)N1CCc2ccccc21.Cl. The van der Waals surface area contributed by atoms with E-state index in [1.165, 1.54) is 12.7 Å². The molecule has 1 aliphatic rings. The van der Waals surface area contributed by atoms with E-state index in [4.69, 9.17) is 0 Å². The van der Waals surface area contributed by atoms with Crippen molar-refractivity contribution < 1.29 is 9.53 Å². The molecule has 1 aromatic rings. The summed E-state index contributed by atoms with van der Waals surface area (Å²) < 4.78 is 4.68. The Labute approximate surface area is 89.1 Å². The highest BCUT2D eigenvalue weighted by molar-refractivity contribution is 5.90. The van der Waals surface area contributed by atoms with E-state index in [1.807, 2.05) is 24.3 Å². The summed E-state index contributed by atoms with van der Waals surface area (Å²) in [5.41, 5.74) is 2.20. The second-order valence-corrected chi connectivity index (χ2v) is 3.00. The zero-order valence-electron chi connectivity index (χ0n) is 7.90. The van der Waals surface area contributed by atoms with Crippen LogP contribution in [0, 0.1) is 0 Å². The van der Waals surface area contributed by atoms with Crippen LogP contribution in [0.25, 0.3) is 0 Å². The standard InChI is InChI=1S/C10H11NO2.ClH/c1-13-10(12)11-7-6-8-4-2-3-5-9(8)11;/h2-5H,6-7H2,1H3;1H. The van der Waals surface area contributed by atoms with Crippen LogP contribution in [0.1, 0.15) is 5.56 Å². The fraction of sp³-hybridized carbons (Fsp3) is 0.300. The highest BCUT2D eigenvalue weighted by Gasteiger charge is 2.24. The molecule has 0 unspecified atom stereocenters. The van der Waals surface area contributed by atoms with Crippen molar-refractivity contribution in [3.63, 3.8) is 0 Å². The molecule has 0 saturated carbocycles. The minimum absolute atomic E-state index is 0. The summed E-state index contributed by atoms with van der Waals surface area (Å²) in [6.07, 6.45) is 0.649. The van der Waals surface area contributed by atoms with E-state index in [2.05, 4.69) is 4.74 Å². The van der Waals surface area contributed by atoms with Crippen LogP contribution in [0.3, 0.4) is 0 Å². The number of rotatable bonds is 0. The number of hydrogen-bond acceptors (Lipinski definition) is 2. The number of amides is 1. The van der Waals surface area contributed by atoms with Gasteiger partial charge in [-0.25, -0.2) is 4.79 Å². The summed E-state index contributed by atoms with van der Waals surface area (Å²) in [4.78, 5) is 12.9. The van der Waals surface area contributed by atoms with Crippen LogP contribution in [0.15, 0.2) is 24.3 Å². The molecule has 0 N–H and O–H groups in total. The predicted molar refractivity (Wildman–Crippen MR) is 57.1 cm³/mol. The first-order valence-electron chi connectivity index (χ1n) is 4.26. The van der Waals surface area contributed by atoms with Crippen LogP contribution in [-0.4, -0.2) is 19.7 Å². The summed E-state index contributed by atoms with van der Waals surface area (Å²) in [6.45, 7) is 0.728. The normalized spacial score (nSPS) is 13.1. The van der Waals surface area contributed by atoms with E-state index < -0.39 is 0 Å². The van der Waals surface area contributed by atoms with Gasteiger partial charge < -0.3 is 4.74 Å². The molecule has 0 fully saturated rings. The lowest BCUT2D eigenvalue weighted by atomic mass is 10.2. The molecule has 0 spiro atoms. The Hall–Kier alpha value is -1.22. The molecule has 4 heteroatoms. The van der Waals surface area contributed by atoms with Crippen molar-refractivity contribution in [1.29, 1.82) is 0 Å². The van der Waals surface area contributed by atoms with Gasteiger partial charge in [0.05, 0.1) is 12.8 Å². The molecule has 1 aliphatic heterocycles. The number of ether oxygens (including phenoxy) is 1. The zero-order chi connectivity index (χ0) is 9.26. The molecule has 3 nitrogen and oxygen atoms in total. The van der Waals surface area contributed by atoms with Gasteiger partial charge >= 0.3 is 6.09 Å². The van der Waals surface area contributed by atoms with Gasteiger partial charge in [-0.1, -0.05) is 18.2 Å². The third-order valence-electron chi connectivity index (χ3n) is 2.28. The van der Waals surface area contributed by atoms with Crippen LogP contribution in [0.4, 0.5) is 10.5 Å². The summed E-state index contributed by atoms with van der Waals surface area (Å²) in [6, 6.07) is 7.90. The Kier molecular flexibility index (Phi) is 3.36. The van der Waals surface area contributed by atoms with Gasteiger partial charge in [0.15, 0.2) is 0 Å². The van der Waals surface area contributed by atoms with Crippen LogP contribution >= 0.6 is 12.4 Å². The summed E-state index contributed by atoms with van der Waals surface area (Å²) in [5.74, 6) is 0. The molecular weight excluding hydrogens is 202 g/mol. The maximum Gasteiger partial charge on any atom is 0.414 e. The number of methoxy groups -OCH3 is 1. The Balaban J connectivity index is 0.000000980. The van der Waals surface area contributed by atoms with Crippen molar-refractivity contribution >= 4 is 24.2 Å². The van der Waals surface area contributed by atoms with Crippen molar-refractivity contribution in [3.8, 4) is 0 Å². The lowest BCUT2D eigenvalue weighted by molar-refractivity contribution is 0.179. The maximum absolute atomic E-state index is 11.3. The summed E-state index contributed by atoms with van der Waals surface area (Å²) in [7, 11) is 1.41. The van der Waals surface area contributed by atoms with Crippen LogP contribution in [-0.2, 0) is 11.2 Å². The number of anilines is 1. The lowest BCUT2D eigenvalue weighted by Gasteiger charge is -2.14. The third kappa shape index (κ3) is 1.68. The van der Waals surface area contributed by atoms with Crippen LogP contribution in [0.5, 0.6) is 0 Å². The number of para-hydroxylation sites is 1. The minimum atomic E-state index is -0.273. The van der Waals surface area contributed by atoms with E-state index in [0.29, 0.717) is 0 Å². The molecule has 2 rings (SSSR count). The van der Waals surface area contributed by atoms with Gasteiger partial charge in [-0.2, -0.15) is 0 Å². The topological polar surface area (TPSA) is 29.5 Å². The lowest BCUT2D eigenvalue weighted by Crippen LogP contribution is -2.28. The number of carbonyl (C=O) groups is 1. The van der Waals surface area contributed by atoms with E-state index in [-0.39, 0.29) is 18.5 Å². The second kappa shape index (κ2) is 4.33. The Bertz CT molecular complexity index is 341. The highest BCUT2D eigenvalue weighted by Crippen LogP contribution is 2.27. The van der Waals surface area contributed by atoms with Gasteiger partial charge in [-0.3, -0.25) is 4.90 Å². The zero-order valence-corrected chi connectivity index (χ0v) is 8.71. The largest absolute Gasteiger partial charge is 0.452 e. The number of fused-ring (bicyclic) bond motifs is 1. The Morgan fingerprint density at radius 2 is 2.14 bits per heavy atom. The van der Waals surface area contributed by atoms with E-state index in [1.54, 1.807) is 4.90 Å². The van der Waals surface area contributed by atoms with E-state index >= 15 is 0 Å². The molecule has 0 saturated heterocycles. The first kappa shape index (κ1) is 10.9. The quantitative estimate of drug-likeness (QED) is 0.662. The van der Waals surface area contributed by atoms with Crippen molar-refractivity contribution in [3.05, 3.63) is 29.8 Å². The van der Waals surface area contributed by atoms with Crippen molar-refractivity contribution in [2.45, 2.75) is 6.42 Å². The first-order valence-corrected chi connectivity index (χ1v) is 4.26. The van der Waals surface area contributed by atoms with Gasteiger partial charge in [0.2, 0.25) is 0 Å². The molecule has 1 heterocycles. The average Bonchev–Trinajstić information content (AvgIpc) is 2.60. The predicted octanol–water partition coefficient (Wildman–Crippen LogP) is 2.24. The third-order valence-corrected chi connectivity index (χ3v) is 2.28. The number of hydrogen-bond donors (Lipinski definition) is 0. The highest BCUT2D eigenvalue weighted by atomic mass is 35.5. The fourth-order valence-corrected chi connectivity index (χ4v) is 1.64. The molecule has 0 aromatic heterocycles. The molecule has 0 bridgehead atoms. The van der Waals surface area contributed by atoms with Gasteiger partial charge in [-0.05, 0) is 18.1 Å². The van der Waals surface area contributed by atoms with Crippen molar-refractivity contribution in [2.24, 2.45) is 0 Å². The van der Waals surface area contributed by atoms with Crippen molar-refractivity contribution in [1.82, 2.24) is 0 Å². The maximum atomic E-state index is 11.3. The Morgan fingerprint density at radius 1 is 1.43 bits per heavy atom. The smallest absolute Gasteiger partial charge is 0.414 e. The molecule has 76 valence electrons. The van der Waals surface area contributed by atoms with Crippen LogP contribution in [0.2, 0.25) is 0 Å². The number of halogens is 1. The molecule has 14 heavy (non-hydrogen) atoms. The van der Waals surface area contributed by atoms with Gasteiger partial charge in [0, 0.05) is 6.54 Å². The van der Waals surface area contributed by atoms with E-state index in [0.717, 1.165) is 18.7 Å². The van der Waals surface area contributed by atoms with E-state index in [9.17, 15) is 4.79 Å². The van der Waals surface area contributed by atoms with Crippen molar-refractivity contribution in [2.75, 3.05) is 18.6 Å². The van der Waals surface area contributed by atoms with Crippen LogP contribution < -0.4 is 4.90 Å². The van der Waals surface area contributed by atoms with Gasteiger partial charge in [0.1, 0.15) is 0 Å². The average molecular weight is 214 g/mol. The molecule has 0 aliphatic carbocycles. The number of benzene rings is 1. The molecule has 0 atom stereocenters. The number of nitrogens with zero attached hydrogens (tertiary/aromatic N) is 1. The fourth-order valence-electron chi connectivity index (χ4n) is 1.64. The second-order valence-electron chi connectivity index (χ2n) is 3.00. The van der Waals surface area contributed by atoms with Gasteiger partial charge in [0.25, 0.3) is 0 Å². The molecule has 0 radical (unpaired) electrons.